The number of unbranched alkanes of at least 4 members (excludes halogenated alkanes) is 11. The summed E-state index contributed by atoms with van der Waals surface area (Å²) in [4.78, 5) is 0. The summed E-state index contributed by atoms with van der Waals surface area (Å²) >= 11 is 0. The number of benzene rings is 1. The maximum Gasteiger partial charge on any atom is 0.202 e. The molecule has 2 atom stereocenters. The minimum Gasteiger partial charge on any atom is -0.410 e. The van der Waals surface area contributed by atoms with Crippen molar-refractivity contribution in [3.8, 4) is 0 Å². The van der Waals surface area contributed by atoms with Crippen LogP contribution in [0.25, 0.3) is 0 Å². The SMILES string of the molecule is CCCCCCCCCCCCCCC(CCC)OC(O)C(=NO)c1ccccc1. The quantitative estimate of drug-likeness (QED) is 0.0804. The van der Waals surface area contributed by atoms with E-state index < -0.39 is 6.29 Å². The van der Waals surface area contributed by atoms with Crippen LogP contribution in [-0.2, 0) is 4.74 Å². The minimum atomic E-state index is -1.20. The van der Waals surface area contributed by atoms with Crippen molar-refractivity contribution in [3.05, 3.63) is 35.9 Å². The molecule has 0 saturated heterocycles. The Morgan fingerprint density at radius 1 is 0.767 bits per heavy atom. The standard InChI is InChI=1S/C26H45NO3/c1-3-5-6-7-8-9-10-11-12-13-14-18-22-24(19-4-2)30-26(28)25(27-29)23-20-16-15-17-21-23/h15-17,20-21,24,26,28-29H,3-14,18-19,22H2,1-2H3. The molecule has 30 heavy (non-hydrogen) atoms. The van der Waals surface area contributed by atoms with Gasteiger partial charge in [0.15, 0.2) is 0 Å². The van der Waals surface area contributed by atoms with Gasteiger partial charge >= 0.3 is 0 Å². The molecule has 0 spiro atoms. The highest BCUT2D eigenvalue weighted by molar-refractivity contribution is 6.02. The van der Waals surface area contributed by atoms with E-state index in [1.54, 1.807) is 0 Å². The molecule has 1 aromatic carbocycles. The van der Waals surface area contributed by atoms with Gasteiger partial charge < -0.3 is 15.1 Å². The lowest BCUT2D eigenvalue weighted by molar-refractivity contribution is -0.0981. The summed E-state index contributed by atoms with van der Waals surface area (Å²) in [6.07, 6.45) is 17.6. The fraction of sp³-hybridized carbons (Fsp3) is 0.731. The summed E-state index contributed by atoms with van der Waals surface area (Å²) in [6, 6.07) is 9.20. The van der Waals surface area contributed by atoms with Gasteiger partial charge in [0.1, 0.15) is 5.71 Å². The third kappa shape index (κ3) is 12.3. The molecule has 0 aliphatic rings. The largest absolute Gasteiger partial charge is 0.410 e. The van der Waals surface area contributed by atoms with Crippen molar-refractivity contribution in [1.29, 1.82) is 0 Å². The van der Waals surface area contributed by atoms with Crippen molar-refractivity contribution in [2.75, 3.05) is 0 Å². The first-order chi connectivity index (χ1) is 14.7. The zero-order valence-corrected chi connectivity index (χ0v) is 19.4. The molecule has 4 heteroatoms. The molecule has 0 aliphatic heterocycles. The lowest BCUT2D eigenvalue weighted by atomic mass is 10.0. The van der Waals surface area contributed by atoms with Gasteiger partial charge in [-0.05, 0) is 12.8 Å². The zero-order valence-electron chi connectivity index (χ0n) is 19.4. The highest BCUT2D eigenvalue weighted by atomic mass is 16.6. The maximum atomic E-state index is 10.4. The second-order valence-electron chi connectivity index (χ2n) is 8.43. The zero-order chi connectivity index (χ0) is 21.9. The van der Waals surface area contributed by atoms with Crippen molar-refractivity contribution >= 4 is 5.71 Å². The smallest absolute Gasteiger partial charge is 0.202 e. The number of aliphatic hydroxyl groups is 1. The van der Waals surface area contributed by atoms with Crippen LogP contribution in [0.1, 0.15) is 116 Å². The lowest BCUT2D eigenvalue weighted by Crippen LogP contribution is -2.30. The van der Waals surface area contributed by atoms with Crippen LogP contribution >= 0.6 is 0 Å². The molecule has 4 nitrogen and oxygen atoms in total. The summed E-state index contributed by atoms with van der Waals surface area (Å²) in [5.41, 5.74) is 0.847. The van der Waals surface area contributed by atoms with E-state index in [1.165, 1.54) is 70.6 Å². The highest BCUT2D eigenvalue weighted by Gasteiger charge is 2.20. The molecule has 0 aliphatic carbocycles. The predicted molar refractivity (Wildman–Crippen MR) is 126 cm³/mol. The van der Waals surface area contributed by atoms with Crippen LogP contribution < -0.4 is 0 Å². The Hall–Kier alpha value is -1.39. The number of aliphatic hydroxyl groups excluding tert-OH is 1. The monoisotopic (exact) mass is 419 g/mol. The van der Waals surface area contributed by atoms with E-state index in [9.17, 15) is 10.3 Å². The lowest BCUT2D eigenvalue weighted by Gasteiger charge is -2.22. The Kier molecular flexibility index (Phi) is 16.3. The van der Waals surface area contributed by atoms with Crippen molar-refractivity contribution in [1.82, 2.24) is 0 Å². The van der Waals surface area contributed by atoms with Gasteiger partial charge in [-0.25, -0.2) is 0 Å². The molecule has 172 valence electrons. The third-order valence-electron chi connectivity index (χ3n) is 5.72. The molecular formula is C26H45NO3. The second kappa shape index (κ2) is 18.4. The molecule has 0 amide bonds. The number of hydrogen-bond donors (Lipinski definition) is 2. The molecular weight excluding hydrogens is 374 g/mol. The fourth-order valence-corrected chi connectivity index (χ4v) is 3.92. The number of nitrogens with zero attached hydrogens (tertiary/aromatic N) is 1. The number of hydrogen-bond acceptors (Lipinski definition) is 4. The van der Waals surface area contributed by atoms with Crippen LogP contribution in [0.4, 0.5) is 0 Å². The van der Waals surface area contributed by atoms with Gasteiger partial charge in [0.05, 0.1) is 6.10 Å². The van der Waals surface area contributed by atoms with Crippen LogP contribution in [0.3, 0.4) is 0 Å². The van der Waals surface area contributed by atoms with Gasteiger partial charge in [-0.1, -0.05) is 133 Å². The van der Waals surface area contributed by atoms with Crippen LogP contribution in [0.15, 0.2) is 35.5 Å². The topological polar surface area (TPSA) is 62.0 Å². The summed E-state index contributed by atoms with van der Waals surface area (Å²) in [7, 11) is 0. The Balaban J connectivity index is 2.18. The predicted octanol–water partition coefficient (Wildman–Crippen LogP) is 7.46. The van der Waals surface area contributed by atoms with Gasteiger partial charge in [0.2, 0.25) is 6.29 Å². The van der Waals surface area contributed by atoms with E-state index >= 15 is 0 Å². The molecule has 0 radical (unpaired) electrons. The van der Waals surface area contributed by atoms with E-state index in [0.717, 1.165) is 25.7 Å². The van der Waals surface area contributed by atoms with Crippen molar-refractivity contribution in [3.63, 3.8) is 0 Å². The first-order valence-electron chi connectivity index (χ1n) is 12.3. The average molecular weight is 420 g/mol. The molecule has 2 N–H and O–H groups in total. The molecule has 0 aromatic heterocycles. The van der Waals surface area contributed by atoms with Gasteiger partial charge in [0, 0.05) is 5.56 Å². The number of ether oxygens (including phenoxy) is 1. The summed E-state index contributed by atoms with van der Waals surface area (Å²) in [6.45, 7) is 4.40. The van der Waals surface area contributed by atoms with Crippen molar-refractivity contribution in [2.45, 2.75) is 123 Å². The molecule has 2 unspecified atom stereocenters. The second-order valence-corrected chi connectivity index (χ2v) is 8.43. The van der Waals surface area contributed by atoms with Crippen molar-refractivity contribution in [2.24, 2.45) is 5.16 Å². The molecule has 0 bridgehead atoms. The van der Waals surface area contributed by atoms with Gasteiger partial charge in [-0.3, -0.25) is 0 Å². The average Bonchev–Trinajstić information content (AvgIpc) is 2.76. The summed E-state index contributed by atoms with van der Waals surface area (Å²) < 4.78 is 5.86. The normalized spacial score (nSPS) is 14.0. The summed E-state index contributed by atoms with van der Waals surface area (Å²) in [5, 5.41) is 23.0. The minimum absolute atomic E-state index is 0.00594. The van der Waals surface area contributed by atoms with E-state index in [1.807, 2.05) is 30.3 Å². The first kappa shape index (κ1) is 26.6. The fourth-order valence-electron chi connectivity index (χ4n) is 3.92. The number of rotatable bonds is 19. The van der Waals surface area contributed by atoms with Crippen LogP contribution in [-0.4, -0.2) is 28.4 Å². The van der Waals surface area contributed by atoms with E-state index in [0.29, 0.717) is 5.56 Å². The van der Waals surface area contributed by atoms with E-state index in [4.69, 9.17) is 4.74 Å². The van der Waals surface area contributed by atoms with Gasteiger partial charge in [-0.2, -0.15) is 0 Å². The van der Waals surface area contributed by atoms with E-state index in [-0.39, 0.29) is 11.8 Å². The Morgan fingerprint density at radius 2 is 1.30 bits per heavy atom. The number of oxime groups is 1. The Labute approximate surface area is 184 Å². The van der Waals surface area contributed by atoms with Gasteiger partial charge in [-0.15, -0.1) is 0 Å². The van der Waals surface area contributed by atoms with E-state index in [2.05, 4.69) is 19.0 Å². The maximum absolute atomic E-state index is 10.4. The van der Waals surface area contributed by atoms with Crippen molar-refractivity contribution < 1.29 is 15.1 Å². The molecule has 0 fully saturated rings. The summed E-state index contributed by atoms with van der Waals surface area (Å²) in [5.74, 6) is 0. The highest BCUT2D eigenvalue weighted by Crippen LogP contribution is 2.18. The Bertz CT molecular complexity index is 532. The molecule has 0 heterocycles. The van der Waals surface area contributed by atoms with Crippen LogP contribution in [0.2, 0.25) is 0 Å². The Morgan fingerprint density at radius 3 is 1.80 bits per heavy atom. The van der Waals surface area contributed by atoms with Crippen LogP contribution in [0, 0.1) is 0 Å². The molecule has 1 rings (SSSR count). The first-order valence-corrected chi connectivity index (χ1v) is 12.3. The molecule has 1 aromatic rings. The molecule has 0 saturated carbocycles. The third-order valence-corrected chi connectivity index (χ3v) is 5.72. The van der Waals surface area contributed by atoms with Crippen LogP contribution in [0.5, 0.6) is 0 Å². The van der Waals surface area contributed by atoms with Gasteiger partial charge in [0.25, 0.3) is 0 Å².